The van der Waals surface area contributed by atoms with Gasteiger partial charge in [0.2, 0.25) is 0 Å². The highest BCUT2D eigenvalue weighted by Crippen LogP contribution is 2.36. The number of nitrogens with one attached hydrogen (secondary N) is 3. The summed E-state index contributed by atoms with van der Waals surface area (Å²) in [6, 6.07) is 8.36. The monoisotopic (exact) mass is 418 g/mol. The number of pyridine rings is 1. The van der Waals surface area contributed by atoms with Crippen molar-refractivity contribution in [2.24, 2.45) is 0 Å². The average molecular weight is 419 g/mol. The van der Waals surface area contributed by atoms with Gasteiger partial charge in [0.1, 0.15) is 0 Å². The Kier molecular flexibility index (Phi) is 4.36. The van der Waals surface area contributed by atoms with Gasteiger partial charge in [-0.1, -0.05) is 0 Å². The highest BCUT2D eigenvalue weighted by molar-refractivity contribution is 6.13. The van der Waals surface area contributed by atoms with E-state index in [1.165, 1.54) is 0 Å². The third-order valence-electron chi connectivity index (χ3n) is 6.61. The van der Waals surface area contributed by atoms with Crippen LogP contribution in [0.2, 0.25) is 0 Å². The summed E-state index contributed by atoms with van der Waals surface area (Å²) in [5.41, 5.74) is 4.76. The molecular weight excluding hydrogens is 392 g/mol. The number of H-pyrrole nitrogens is 1. The maximum absolute atomic E-state index is 13.8. The van der Waals surface area contributed by atoms with Crippen molar-refractivity contribution < 1.29 is 4.74 Å². The van der Waals surface area contributed by atoms with Gasteiger partial charge in [-0.3, -0.25) is 14.8 Å². The molecule has 1 unspecified atom stereocenters. The highest BCUT2D eigenvalue weighted by atomic mass is 16.5. The molecule has 0 aliphatic carbocycles. The van der Waals surface area contributed by atoms with Crippen LogP contribution in [0.3, 0.4) is 0 Å². The van der Waals surface area contributed by atoms with E-state index in [0.717, 1.165) is 83.4 Å². The molecule has 6 rings (SSSR count). The van der Waals surface area contributed by atoms with Crippen molar-refractivity contribution in [3.8, 4) is 0 Å². The Bertz CT molecular complexity index is 1350. The number of hydrogen-bond donors (Lipinski definition) is 3. The average Bonchev–Trinajstić information content (AvgIpc) is 3.44. The van der Waals surface area contributed by atoms with E-state index in [0.29, 0.717) is 6.67 Å². The van der Waals surface area contributed by atoms with Crippen LogP contribution in [0, 0.1) is 0 Å². The number of benzene rings is 2. The number of aromatic nitrogens is 3. The molecule has 8 nitrogen and oxygen atoms in total. The van der Waals surface area contributed by atoms with Crippen molar-refractivity contribution in [1.82, 2.24) is 19.7 Å². The van der Waals surface area contributed by atoms with Gasteiger partial charge in [0, 0.05) is 36.7 Å². The molecule has 1 saturated heterocycles. The Morgan fingerprint density at radius 1 is 1.19 bits per heavy atom. The molecule has 1 atom stereocenters. The van der Waals surface area contributed by atoms with Crippen molar-refractivity contribution in [2.45, 2.75) is 26.1 Å². The van der Waals surface area contributed by atoms with Gasteiger partial charge >= 0.3 is 0 Å². The lowest BCUT2D eigenvalue weighted by Crippen LogP contribution is -2.38. The second kappa shape index (κ2) is 7.25. The van der Waals surface area contributed by atoms with E-state index in [1.807, 2.05) is 18.2 Å². The summed E-state index contributed by atoms with van der Waals surface area (Å²) in [7, 11) is 0. The van der Waals surface area contributed by atoms with Gasteiger partial charge in [0.15, 0.2) is 5.43 Å². The Hall–Kier alpha value is -3.10. The van der Waals surface area contributed by atoms with Gasteiger partial charge in [0.25, 0.3) is 0 Å². The van der Waals surface area contributed by atoms with Gasteiger partial charge in [-0.15, -0.1) is 0 Å². The maximum Gasteiger partial charge on any atom is 0.200 e. The first-order chi connectivity index (χ1) is 15.2. The molecular formula is C23H26N6O2. The normalized spacial score (nSPS) is 17.5. The molecule has 2 aromatic carbocycles. The molecule has 0 amide bonds. The van der Waals surface area contributed by atoms with E-state index in [4.69, 9.17) is 4.74 Å². The predicted molar refractivity (Wildman–Crippen MR) is 124 cm³/mol. The third-order valence-corrected chi connectivity index (χ3v) is 6.61. The zero-order valence-electron chi connectivity index (χ0n) is 17.6. The van der Waals surface area contributed by atoms with Crippen LogP contribution in [-0.2, 0) is 11.4 Å². The summed E-state index contributed by atoms with van der Waals surface area (Å²) in [4.78, 5) is 16.2. The summed E-state index contributed by atoms with van der Waals surface area (Å²) in [5.74, 6) is 0. The molecule has 160 valence electrons. The molecule has 2 aromatic heterocycles. The van der Waals surface area contributed by atoms with Gasteiger partial charge in [-0.05, 0) is 37.6 Å². The fourth-order valence-corrected chi connectivity index (χ4v) is 4.95. The van der Waals surface area contributed by atoms with Crippen LogP contribution in [0.25, 0.3) is 32.7 Å². The zero-order chi connectivity index (χ0) is 20.9. The fourth-order valence-electron chi connectivity index (χ4n) is 4.95. The minimum Gasteiger partial charge on any atom is -0.382 e. The number of hydrogen-bond acceptors (Lipinski definition) is 6. The number of rotatable bonds is 5. The molecule has 1 fully saturated rings. The molecule has 8 heteroatoms. The fraction of sp³-hybridized carbons (Fsp3) is 0.391. The van der Waals surface area contributed by atoms with E-state index in [9.17, 15) is 4.79 Å². The summed E-state index contributed by atoms with van der Waals surface area (Å²) in [5, 5.41) is 16.6. The van der Waals surface area contributed by atoms with E-state index in [1.54, 1.807) is 6.20 Å². The molecule has 2 aliphatic heterocycles. The molecule has 0 saturated carbocycles. The second-order valence-electron chi connectivity index (χ2n) is 8.56. The topological polar surface area (TPSA) is 87.2 Å². The van der Waals surface area contributed by atoms with Crippen molar-refractivity contribution in [1.29, 1.82) is 0 Å². The molecule has 2 aliphatic rings. The smallest absolute Gasteiger partial charge is 0.200 e. The summed E-state index contributed by atoms with van der Waals surface area (Å²) in [6.45, 7) is 7.48. The number of fused-ring (bicyclic) bond motifs is 4. The predicted octanol–water partition coefficient (Wildman–Crippen LogP) is 2.94. The Morgan fingerprint density at radius 3 is 2.94 bits per heavy atom. The van der Waals surface area contributed by atoms with Crippen LogP contribution in [0.1, 0.15) is 13.3 Å². The first kappa shape index (κ1) is 18.7. The third kappa shape index (κ3) is 2.97. The lowest BCUT2D eigenvalue weighted by molar-refractivity contribution is 0.0370. The second-order valence-corrected chi connectivity index (χ2v) is 8.56. The van der Waals surface area contributed by atoms with Crippen molar-refractivity contribution in [2.75, 3.05) is 43.5 Å². The van der Waals surface area contributed by atoms with Crippen LogP contribution < -0.4 is 16.1 Å². The molecule has 3 N–H and O–H groups in total. The molecule has 0 spiro atoms. The van der Waals surface area contributed by atoms with E-state index in [-0.39, 0.29) is 11.5 Å². The quantitative estimate of drug-likeness (QED) is 0.432. The van der Waals surface area contributed by atoms with Crippen LogP contribution >= 0.6 is 0 Å². The van der Waals surface area contributed by atoms with Gasteiger partial charge < -0.3 is 19.9 Å². The first-order valence-corrected chi connectivity index (χ1v) is 11.0. The molecule has 4 aromatic rings. The van der Waals surface area contributed by atoms with Gasteiger partial charge in [-0.2, -0.15) is 5.10 Å². The minimum atomic E-state index is 0.0571. The lowest BCUT2D eigenvalue weighted by Gasteiger charge is -2.28. The summed E-state index contributed by atoms with van der Waals surface area (Å²) in [6.07, 6.45) is 2.76. The number of anilines is 2. The Labute approximate surface area is 179 Å². The molecule has 4 heterocycles. The molecule has 0 radical (unpaired) electrons. The largest absolute Gasteiger partial charge is 0.382 e. The van der Waals surface area contributed by atoms with Crippen molar-refractivity contribution >= 4 is 44.1 Å². The number of ether oxygens (including phenoxy) is 1. The van der Waals surface area contributed by atoms with E-state index in [2.05, 4.69) is 43.3 Å². The lowest BCUT2D eigenvalue weighted by atomic mass is 10.0. The van der Waals surface area contributed by atoms with Gasteiger partial charge in [0.05, 0.1) is 59.1 Å². The Balaban J connectivity index is 1.43. The van der Waals surface area contributed by atoms with E-state index >= 15 is 0 Å². The van der Waals surface area contributed by atoms with Crippen LogP contribution in [0.4, 0.5) is 11.4 Å². The molecule has 31 heavy (non-hydrogen) atoms. The standard InChI is InChI=1S/C23H26N6O2/c1-14(6-7-28-8-10-31-11-9-28)26-17-2-3-18-22-21(17)23(30)20-15-12-25-27-16(15)4-5-19(20)29(22)13-24-18/h2-5,12,14,24,26H,6-11,13H2,1H3,(H,25,27). The number of morpholine rings is 1. The van der Waals surface area contributed by atoms with Crippen LogP contribution in [0.15, 0.2) is 35.3 Å². The van der Waals surface area contributed by atoms with Gasteiger partial charge in [-0.25, -0.2) is 0 Å². The first-order valence-electron chi connectivity index (χ1n) is 11.0. The van der Waals surface area contributed by atoms with Crippen molar-refractivity contribution in [3.63, 3.8) is 0 Å². The summed E-state index contributed by atoms with van der Waals surface area (Å²) < 4.78 is 7.65. The number of aromatic amines is 1. The Morgan fingerprint density at radius 2 is 2.06 bits per heavy atom. The minimum absolute atomic E-state index is 0.0571. The SMILES string of the molecule is CC(CCN1CCOCC1)Nc1ccc2c3c1c(=O)c1c4cn[nH]c4ccc1n3CN2. The van der Waals surface area contributed by atoms with E-state index < -0.39 is 0 Å². The van der Waals surface area contributed by atoms with Crippen LogP contribution in [0.5, 0.6) is 0 Å². The zero-order valence-corrected chi connectivity index (χ0v) is 17.6. The number of nitrogens with zero attached hydrogens (tertiary/aromatic N) is 3. The maximum atomic E-state index is 13.8. The molecule has 0 bridgehead atoms. The van der Waals surface area contributed by atoms with Crippen LogP contribution in [-0.4, -0.2) is 58.6 Å². The van der Waals surface area contributed by atoms with Crippen molar-refractivity contribution in [3.05, 3.63) is 40.7 Å². The highest BCUT2D eigenvalue weighted by Gasteiger charge is 2.23. The summed E-state index contributed by atoms with van der Waals surface area (Å²) >= 11 is 0.